The van der Waals surface area contributed by atoms with Crippen LogP contribution in [0.1, 0.15) is 58.9 Å². The molecule has 11 heteroatoms. The molecule has 1 aliphatic heterocycles. The van der Waals surface area contributed by atoms with Gasteiger partial charge < -0.3 is 19.7 Å². The normalized spacial score (nSPS) is 13.8. The predicted octanol–water partition coefficient (Wildman–Crippen LogP) is 3.54. The first-order valence-corrected chi connectivity index (χ1v) is 13.2. The predicted molar refractivity (Wildman–Crippen MR) is 140 cm³/mol. The number of thioether (sulfide) groups is 1. The van der Waals surface area contributed by atoms with Gasteiger partial charge >= 0.3 is 6.09 Å². The first-order valence-electron chi connectivity index (χ1n) is 12.3. The fourth-order valence-electron chi connectivity index (χ4n) is 3.53. The highest BCUT2D eigenvalue weighted by atomic mass is 32.2. The lowest BCUT2D eigenvalue weighted by atomic mass is 10.0. The van der Waals surface area contributed by atoms with Crippen LogP contribution in [0.3, 0.4) is 0 Å². The molecule has 10 nitrogen and oxygen atoms in total. The van der Waals surface area contributed by atoms with Crippen molar-refractivity contribution in [2.24, 2.45) is 0 Å². The highest BCUT2D eigenvalue weighted by molar-refractivity contribution is 8.14. The van der Waals surface area contributed by atoms with E-state index in [0.717, 1.165) is 48.7 Å². The van der Waals surface area contributed by atoms with Crippen molar-refractivity contribution in [1.82, 2.24) is 16.2 Å². The molecule has 0 saturated heterocycles. The number of hydrogen-bond donors (Lipinski definition) is 3. The molecule has 1 aliphatic rings. The average molecular weight is 523 g/mol. The van der Waals surface area contributed by atoms with Crippen LogP contribution in [0.5, 0.6) is 0 Å². The van der Waals surface area contributed by atoms with Crippen molar-refractivity contribution in [3.8, 4) is 0 Å². The summed E-state index contributed by atoms with van der Waals surface area (Å²) in [6.45, 7) is 8.51. The number of hydrazine groups is 1. The highest BCUT2D eigenvalue weighted by Crippen LogP contribution is 2.27. The van der Waals surface area contributed by atoms with Crippen LogP contribution < -0.4 is 21.1 Å². The van der Waals surface area contributed by atoms with Crippen LogP contribution in [0.25, 0.3) is 0 Å². The largest absolute Gasteiger partial charge is 0.444 e. The summed E-state index contributed by atoms with van der Waals surface area (Å²) in [5, 5.41) is 2.08. The zero-order valence-electron chi connectivity index (χ0n) is 21.6. The van der Waals surface area contributed by atoms with E-state index in [2.05, 4.69) is 16.2 Å². The number of anilines is 1. The minimum Gasteiger partial charge on any atom is -0.444 e. The number of alkyl carbamates (subject to hydrolysis) is 1. The second kappa shape index (κ2) is 14.7. The third-order valence-corrected chi connectivity index (χ3v) is 5.91. The van der Waals surface area contributed by atoms with E-state index >= 15 is 0 Å². The van der Waals surface area contributed by atoms with Crippen LogP contribution in [-0.4, -0.2) is 60.3 Å². The molecule has 0 saturated carbocycles. The van der Waals surface area contributed by atoms with Crippen LogP contribution in [0, 0.1) is 0 Å². The highest BCUT2D eigenvalue weighted by Gasteiger charge is 2.24. The summed E-state index contributed by atoms with van der Waals surface area (Å²) in [7, 11) is 0. The second-order valence-electron chi connectivity index (χ2n) is 9.50. The number of ether oxygens (including phenoxy) is 2. The summed E-state index contributed by atoms with van der Waals surface area (Å²) in [5.41, 5.74) is 5.94. The summed E-state index contributed by atoms with van der Waals surface area (Å²) in [4.78, 5) is 51.1. The molecule has 3 N–H and O–H groups in total. The molecule has 1 heterocycles. The number of carbonyl (C=O) groups excluding carboxylic acids is 4. The SMILES string of the molecule is CCCCOC[C@H](CC(=O)NNC(=O)SCC(=O)N1CCCc2ccccc21)NC(=O)OC(C)(C)C. The lowest BCUT2D eigenvalue weighted by molar-refractivity contribution is -0.122. The van der Waals surface area contributed by atoms with Crippen LogP contribution in [0.2, 0.25) is 0 Å². The Morgan fingerprint density at radius 3 is 2.61 bits per heavy atom. The Labute approximate surface area is 217 Å². The molecular weight excluding hydrogens is 484 g/mol. The van der Waals surface area contributed by atoms with Crippen LogP contribution in [-0.2, 0) is 25.5 Å². The Morgan fingerprint density at radius 1 is 1.14 bits per heavy atom. The van der Waals surface area contributed by atoms with Gasteiger partial charge in [0.2, 0.25) is 11.8 Å². The number of para-hydroxylation sites is 1. The number of fused-ring (bicyclic) bond motifs is 1. The molecule has 0 unspecified atom stereocenters. The number of aryl methyl sites for hydroxylation is 1. The van der Waals surface area contributed by atoms with Gasteiger partial charge in [-0.1, -0.05) is 43.3 Å². The molecule has 0 aliphatic carbocycles. The molecule has 1 atom stereocenters. The fraction of sp³-hybridized carbons (Fsp3) is 0.600. The van der Waals surface area contributed by atoms with Gasteiger partial charge in [0.05, 0.1) is 24.8 Å². The first kappa shape index (κ1) is 29.4. The second-order valence-corrected chi connectivity index (χ2v) is 10.5. The number of nitrogens with zero attached hydrogens (tertiary/aromatic N) is 1. The van der Waals surface area contributed by atoms with Crippen LogP contribution >= 0.6 is 11.8 Å². The van der Waals surface area contributed by atoms with Crippen molar-refractivity contribution >= 4 is 40.6 Å². The standard InChI is InChI=1S/C25H38N4O6S/c1-5-6-14-34-16-19(26-23(32)35-25(2,3)4)15-21(30)27-28-24(33)36-17-22(31)29-13-9-11-18-10-7-8-12-20(18)29/h7-8,10,12,19H,5-6,9,11,13-17H2,1-4H3,(H,26,32)(H,27,30)(H,28,33)/t19-/m0/s1. The molecule has 200 valence electrons. The van der Waals surface area contributed by atoms with Crippen molar-refractivity contribution in [2.75, 3.05) is 30.4 Å². The fourth-order valence-corrected chi connectivity index (χ4v) is 4.06. The molecule has 0 bridgehead atoms. The average Bonchev–Trinajstić information content (AvgIpc) is 2.82. The Bertz CT molecular complexity index is 905. The third-order valence-electron chi connectivity index (χ3n) is 5.16. The van der Waals surface area contributed by atoms with Gasteiger partial charge in [0, 0.05) is 18.8 Å². The lowest BCUT2D eigenvalue weighted by Gasteiger charge is -2.29. The molecule has 0 spiro atoms. The maximum Gasteiger partial charge on any atom is 0.407 e. The molecule has 0 aromatic heterocycles. The molecule has 36 heavy (non-hydrogen) atoms. The van der Waals surface area contributed by atoms with Crippen molar-refractivity contribution in [2.45, 2.75) is 71.4 Å². The van der Waals surface area contributed by atoms with Crippen molar-refractivity contribution in [1.29, 1.82) is 0 Å². The molecule has 2 rings (SSSR count). The summed E-state index contributed by atoms with van der Waals surface area (Å²) in [6.07, 6.45) is 2.83. The number of nitrogens with one attached hydrogen (secondary N) is 3. The maximum absolute atomic E-state index is 12.7. The zero-order valence-corrected chi connectivity index (χ0v) is 22.4. The van der Waals surface area contributed by atoms with Crippen molar-refractivity contribution < 1.29 is 28.7 Å². The molecule has 1 aromatic rings. The van der Waals surface area contributed by atoms with E-state index in [9.17, 15) is 19.2 Å². The summed E-state index contributed by atoms with van der Waals surface area (Å²) < 4.78 is 10.8. The summed E-state index contributed by atoms with van der Waals surface area (Å²) in [5.74, 6) is -0.732. The van der Waals surface area contributed by atoms with Gasteiger partial charge in [-0.2, -0.15) is 0 Å². The minimum atomic E-state index is -0.682. The number of carbonyl (C=O) groups is 4. The quantitative estimate of drug-likeness (QED) is 0.317. The van der Waals surface area contributed by atoms with Gasteiger partial charge in [-0.25, -0.2) is 4.79 Å². The Kier molecular flexibility index (Phi) is 12.0. The minimum absolute atomic E-state index is 0.0515. The van der Waals surface area contributed by atoms with Gasteiger partial charge in [0.1, 0.15) is 5.60 Å². The molecule has 4 amide bonds. The monoisotopic (exact) mass is 522 g/mol. The van der Waals surface area contributed by atoms with Gasteiger partial charge in [-0.15, -0.1) is 0 Å². The smallest absolute Gasteiger partial charge is 0.407 e. The van der Waals surface area contributed by atoms with Crippen molar-refractivity contribution in [3.05, 3.63) is 29.8 Å². The molecule has 0 fully saturated rings. The van der Waals surface area contributed by atoms with E-state index in [4.69, 9.17) is 9.47 Å². The van der Waals surface area contributed by atoms with E-state index in [0.29, 0.717) is 13.2 Å². The Morgan fingerprint density at radius 2 is 1.89 bits per heavy atom. The number of rotatable bonds is 10. The first-order chi connectivity index (χ1) is 17.1. The zero-order chi connectivity index (χ0) is 26.6. The third kappa shape index (κ3) is 10.9. The summed E-state index contributed by atoms with van der Waals surface area (Å²) >= 11 is 0.780. The number of hydrogen-bond acceptors (Lipinski definition) is 7. The van der Waals surface area contributed by atoms with Crippen LogP contribution in [0.15, 0.2) is 24.3 Å². The molecule has 1 aromatic carbocycles. The van der Waals surface area contributed by atoms with Gasteiger partial charge in [0.25, 0.3) is 5.24 Å². The van der Waals surface area contributed by atoms with E-state index < -0.39 is 28.9 Å². The number of unbranched alkanes of at least 4 members (excludes halogenated alkanes) is 1. The maximum atomic E-state index is 12.7. The molecular formula is C25H38N4O6S. The summed E-state index contributed by atoms with van der Waals surface area (Å²) in [6, 6.07) is 7.11. The number of benzene rings is 1. The van der Waals surface area contributed by atoms with Gasteiger partial charge in [-0.05, 0) is 51.7 Å². The number of amides is 4. The van der Waals surface area contributed by atoms with Crippen molar-refractivity contribution in [3.63, 3.8) is 0 Å². The Balaban J connectivity index is 1.78. The van der Waals surface area contributed by atoms with E-state index in [1.165, 1.54) is 0 Å². The van der Waals surface area contributed by atoms with Crippen LogP contribution in [0.4, 0.5) is 15.3 Å². The van der Waals surface area contributed by atoms with E-state index in [1.807, 2.05) is 31.2 Å². The van der Waals surface area contributed by atoms with Gasteiger partial charge in [-0.3, -0.25) is 25.2 Å². The topological polar surface area (TPSA) is 126 Å². The lowest BCUT2D eigenvalue weighted by Crippen LogP contribution is -2.47. The Hall–Kier alpha value is -2.79. The molecule has 0 radical (unpaired) electrons. The van der Waals surface area contributed by atoms with E-state index in [1.54, 1.807) is 25.7 Å². The van der Waals surface area contributed by atoms with Gasteiger partial charge in [0.15, 0.2) is 0 Å². The van der Waals surface area contributed by atoms with E-state index in [-0.39, 0.29) is 24.7 Å².